The first-order valence-electron chi connectivity index (χ1n) is 4.89. The molecule has 0 aromatic heterocycles. The van der Waals surface area contributed by atoms with Gasteiger partial charge in [0.1, 0.15) is 0 Å². The number of anilines is 1. The van der Waals surface area contributed by atoms with Gasteiger partial charge in [-0.2, -0.15) is 0 Å². The summed E-state index contributed by atoms with van der Waals surface area (Å²) in [6.45, 7) is 0.369. The number of nitrogens with zero attached hydrogens (tertiary/aromatic N) is 3. The molecule has 0 aliphatic rings. The average Bonchev–Trinajstić information content (AvgIpc) is 2.30. The van der Waals surface area contributed by atoms with E-state index >= 15 is 0 Å². The number of nitrogens with two attached hydrogens (primary N) is 1. The maximum atomic E-state index is 8.10. The van der Waals surface area contributed by atoms with Gasteiger partial charge >= 0.3 is 0 Å². The Balaban J connectivity index is 2.75. The molecule has 0 bridgehead atoms. The van der Waals surface area contributed by atoms with Crippen molar-refractivity contribution in [1.82, 2.24) is 0 Å². The van der Waals surface area contributed by atoms with Crippen molar-refractivity contribution >= 4 is 23.0 Å². The molecule has 0 amide bonds. The highest BCUT2D eigenvalue weighted by Gasteiger charge is 1.98. The van der Waals surface area contributed by atoms with Gasteiger partial charge in [0.05, 0.1) is 5.69 Å². The Kier molecular flexibility index (Phi) is 5.38. The van der Waals surface area contributed by atoms with Crippen LogP contribution in [-0.4, -0.2) is 11.7 Å². The predicted molar refractivity (Wildman–Crippen MR) is 72.4 cm³/mol. The van der Waals surface area contributed by atoms with Crippen LogP contribution in [0.2, 0.25) is 0 Å². The molecule has 6 heteroatoms. The predicted octanol–water partition coefficient (Wildman–Crippen LogP) is 2.39. The van der Waals surface area contributed by atoms with Crippen molar-refractivity contribution in [2.75, 3.05) is 11.9 Å². The Labute approximate surface area is 105 Å². The second kappa shape index (κ2) is 7.12. The Bertz CT molecular complexity index is 508. The number of rotatable bonds is 3. The normalized spacial score (nSPS) is 8.47. The van der Waals surface area contributed by atoms with E-state index in [0.29, 0.717) is 13.0 Å². The van der Waals surface area contributed by atoms with Crippen LogP contribution < -0.4 is 11.1 Å². The molecule has 0 heterocycles. The van der Waals surface area contributed by atoms with Crippen molar-refractivity contribution in [3.63, 3.8) is 0 Å². The zero-order chi connectivity index (χ0) is 12.5. The molecule has 0 radical (unpaired) electrons. The third kappa shape index (κ3) is 4.89. The van der Waals surface area contributed by atoms with Crippen LogP contribution in [0, 0.1) is 11.8 Å². The minimum Gasteiger partial charge on any atom is -0.376 e. The second-order valence-electron chi connectivity index (χ2n) is 3.04. The molecule has 0 unspecified atom stereocenters. The molecule has 1 aromatic rings. The van der Waals surface area contributed by atoms with Crippen LogP contribution in [0.1, 0.15) is 12.0 Å². The summed E-state index contributed by atoms with van der Waals surface area (Å²) >= 11 is 4.77. The summed E-state index contributed by atoms with van der Waals surface area (Å²) in [5.41, 5.74) is 15.1. The Hall–Kier alpha value is -2.22. The number of hydrogen-bond donors (Lipinski definition) is 2. The van der Waals surface area contributed by atoms with Crippen LogP contribution in [0.5, 0.6) is 0 Å². The molecule has 0 fully saturated rings. The highest BCUT2D eigenvalue weighted by atomic mass is 32.1. The number of nitrogens with one attached hydrogen (secondary N) is 1. The molecular weight excluding hydrogens is 234 g/mol. The molecule has 17 heavy (non-hydrogen) atoms. The van der Waals surface area contributed by atoms with E-state index < -0.39 is 0 Å². The molecule has 86 valence electrons. The van der Waals surface area contributed by atoms with Gasteiger partial charge in [-0.1, -0.05) is 29.1 Å². The molecule has 0 aliphatic carbocycles. The molecule has 0 saturated carbocycles. The lowest BCUT2D eigenvalue weighted by Gasteiger charge is -2.05. The zero-order valence-electron chi connectivity index (χ0n) is 9.05. The number of para-hydroxylation sites is 1. The van der Waals surface area contributed by atoms with Gasteiger partial charge in [-0.25, -0.2) is 0 Å². The number of hydrogen-bond acceptors (Lipinski definition) is 2. The maximum absolute atomic E-state index is 8.10. The van der Waals surface area contributed by atoms with Crippen molar-refractivity contribution in [1.29, 1.82) is 0 Å². The van der Waals surface area contributed by atoms with Crippen LogP contribution in [0.15, 0.2) is 29.4 Å². The lowest BCUT2D eigenvalue weighted by atomic mass is 10.2. The topological polar surface area (TPSA) is 86.8 Å². The number of azide groups is 1. The minimum absolute atomic E-state index is 0.202. The van der Waals surface area contributed by atoms with Crippen LogP contribution in [0.4, 0.5) is 5.69 Å². The van der Waals surface area contributed by atoms with Crippen molar-refractivity contribution in [2.45, 2.75) is 6.42 Å². The van der Waals surface area contributed by atoms with E-state index in [1.54, 1.807) is 0 Å². The van der Waals surface area contributed by atoms with Crippen LogP contribution in [0.3, 0.4) is 0 Å². The molecule has 0 spiro atoms. The first kappa shape index (κ1) is 12.8. The van der Waals surface area contributed by atoms with Crippen molar-refractivity contribution in [3.8, 4) is 11.8 Å². The van der Waals surface area contributed by atoms with E-state index in [1.165, 1.54) is 0 Å². The summed E-state index contributed by atoms with van der Waals surface area (Å²) in [6, 6.07) is 7.45. The summed E-state index contributed by atoms with van der Waals surface area (Å²) in [4.78, 5) is 2.65. The molecule has 1 rings (SSSR count). The van der Waals surface area contributed by atoms with E-state index in [9.17, 15) is 0 Å². The largest absolute Gasteiger partial charge is 0.376 e. The van der Waals surface area contributed by atoms with Gasteiger partial charge in [0.15, 0.2) is 5.11 Å². The van der Waals surface area contributed by atoms with Crippen molar-refractivity contribution in [2.24, 2.45) is 10.8 Å². The maximum Gasteiger partial charge on any atom is 0.168 e. The van der Waals surface area contributed by atoms with Crippen molar-refractivity contribution in [3.05, 3.63) is 40.3 Å². The molecule has 1 aromatic carbocycles. The van der Waals surface area contributed by atoms with E-state index in [2.05, 4.69) is 27.2 Å². The molecule has 3 N–H and O–H groups in total. The summed E-state index contributed by atoms with van der Waals surface area (Å²) in [5.74, 6) is 5.88. The Morgan fingerprint density at radius 2 is 2.29 bits per heavy atom. The first-order chi connectivity index (χ1) is 8.24. The fraction of sp³-hybridized carbons (Fsp3) is 0.182. The third-order valence-electron chi connectivity index (χ3n) is 1.81. The minimum atomic E-state index is 0.202. The zero-order valence-corrected chi connectivity index (χ0v) is 9.87. The smallest absolute Gasteiger partial charge is 0.168 e. The number of benzene rings is 1. The summed E-state index contributed by atoms with van der Waals surface area (Å²) in [7, 11) is 0. The van der Waals surface area contributed by atoms with Gasteiger partial charge in [0, 0.05) is 23.4 Å². The van der Waals surface area contributed by atoms with Crippen LogP contribution in [0.25, 0.3) is 10.4 Å². The summed E-state index contributed by atoms with van der Waals surface area (Å²) in [5, 5.41) is 6.45. The van der Waals surface area contributed by atoms with Gasteiger partial charge in [-0.05, 0) is 29.9 Å². The summed E-state index contributed by atoms with van der Waals surface area (Å²) in [6.07, 6.45) is 0.519. The van der Waals surface area contributed by atoms with Gasteiger partial charge in [-0.3, -0.25) is 0 Å². The summed E-state index contributed by atoms with van der Waals surface area (Å²) < 4.78 is 0. The highest BCUT2D eigenvalue weighted by molar-refractivity contribution is 7.80. The average molecular weight is 245 g/mol. The van der Waals surface area contributed by atoms with Crippen LogP contribution in [-0.2, 0) is 0 Å². The Morgan fingerprint density at radius 1 is 1.53 bits per heavy atom. The Morgan fingerprint density at radius 3 is 3.00 bits per heavy atom. The molecule has 5 nitrogen and oxygen atoms in total. The fourth-order valence-corrected chi connectivity index (χ4v) is 1.25. The van der Waals surface area contributed by atoms with E-state index in [-0.39, 0.29) is 5.11 Å². The fourth-order valence-electron chi connectivity index (χ4n) is 1.14. The molecule has 0 aliphatic heterocycles. The lowest BCUT2D eigenvalue weighted by molar-refractivity contribution is 1.01. The second-order valence-corrected chi connectivity index (χ2v) is 3.48. The molecule has 0 saturated heterocycles. The van der Waals surface area contributed by atoms with Gasteiger partial charge in [0.2, 0.25) is 0 Å². The van der Waals surface area contributed by atoms with Gasteiger partial charge < -0.3 is 11.1 Å². The standard InChI is InChI=1S/C11H11N5S/c12-11(17)15-10-7-2-1-5-9(10)6-3-4-8-14-16-13/h1-2,5,7H,4,8H2,(H3,12,15,17). The van der Waals surface area contributed by atoms with Gasteiger partial charge in [0.25, 0.3) is 0 Å². The molecular formula is C11H11N5S. The molecule has 0 atom stereocenters. The van der Waals surface area contributed by atoms with Crippen LogP contribution >= 0.6 is 12.2 Å². The SMILES string of the molecule is [N-]=[N+]=NCCC#Cc1ccccc1NC(N)=S. The quantitative estimate of drug-likeness (QED) is 0.214. The van der Waals surface area contributed by atoms with Gasteiger partial charge in [-0.15, -0.1) is 0 Å². The lowest BCUT2D eigenvalue weighted by Crippen LogP contribution is -2.19. The highest BCUT2D eigenvalue weighted by Crippen LogP contribution is 2.13. The van der Waals surface area contributed by atoms with E-state index in [1.807, 2.05) is 24.3 Å². The van der Waals surface area contributed by atoms with E-state index in [0.717, 1.165) is 11.3 Å². The van der Waals surface area contributed by atoms with Crippen molar-refractivity contribution < 1.29 is 0 Å². The monoisotopic (exact) mass is 245 g/mol. The number of thiocarbonyl (C=S) groups is 1. The first-order valence-corrected chi connectivity index (χ1v) is 5.30. The van der Waals surface area contributed by atoms with E-state index in [4.69, 9.17) is 23.5 Å². The third-order valence-corrected chi connectivity index (χ3v) is 1.91.